The second kappa shape index (κ2) is 4.45. The molecule has 1 heteroatoms. The van der Waals surface area contributed by atoms with Gasteiger partial charge in [-0.3, -0.25) is 0 Å². The molecule has 0 saturated heterocycles. The van der Waals surface area contributed by atoms with Gasteiger partial charge in [0.25, 0.3) is 0 Å². The minimum Gasteiger partial charge on any atom is -0.330 e. The molecule has 15 heavy (non-hydrogen) atoms. The van der Waals surface area contributed by atoms with Crippen LogP contribution in [-0.2, 0) is 6.42 Å². The minimum atomic E-state index is 0.552. The topological polar surface area (TPSA) is 26.0 Å². The van der Waals surface area contributed by atoms with Crippen molar-refractivity contribution in [3.63, 3.8) is 0 Å². The van der Waals surface area contributed by atoms with Crippen LogP contribution in [0.25, 0.3) is 10.8 Å². The summed E-state index contributed by atoms with van der Waals surface area (Å²) in [6.45, 7) is 2.95. The maximum atomic E-state index is 5.66. The number of benzene rings is 2. The Morgan fingerprint density at radius 1 is 1.07 bits per heavy atom. The molecule has 1 nitrogen and oxygen atoms in total. The van der Waals surface area contributed by atoms with Crippen LogP contribution in [0.2, 0.25) is 0 Å². The summed E-state index contributed by atoms with van der Waals surface area (Å²) in [7, 11) is 0. The molecule has 1 atom stereocenters. The van der Waals surface area contributed by atoms with Crippen LogP contribution in [0.1, 0.15) is 12.5 Å². The van der Waals surface area contributed by atoms with Crippen LogP contribution >= 0.6 is 0 Å². The third-order valence-corrected chi connectivity index (χ3v) is 2.85. The highest BCUT2D eigenvalue weighted by molar-refractivity contribution is 5.85. The predicted molar refractivity (Wildman–Crippen MR) is 65.9 cm³/mol. The van der Waals surface area contributed by atoms with Gasteiger partial charge in [0.15, 0.2) is 0 Å². The maximum Gasteiger partial charge on any atom is -0.00483 e. The molecule has 0 saturated carbocycles. The zero-order valence-electron chi connectivity index (χ0n) is 9.11. The van der Waals surface area contributed by atoms with Gasteiger partial charge in [-0.25, -0.2) is 0 Å². The highest BCUT2D eigenvalue weighted by atomic mass is 14.5. The zero-order chi connectivity index (χ0) is 10.7. The average Bonchev–Trinajstić information content (AvgIpc) is 2.29. The third-order valence-electron chi connectivity index (χ3n) is 2.85. The molecular weight excluding hydrogens is 182 g/mol. The van der Waals surface area contributed by atoms with E-state index in [-0.39, 0.29) is 0 Å². The van der Waals surface area contributed by atoms with E-state index < -0.39 is 0 Å². The standard InChI is InChI=1S/C14H17N/c1-11(10-15)9-13-7-4-6-12-5-2-3-8-14(12)13/h2-8,11H,9-10,15H2,1H3/t11-/m0/s1. The zero-order valence-corrected chi connectivity index (χ0v) is 9.11. The molecule has 78 valence electrons. The Morgan fingerprint density at radius 2 is 1.80 bits per heavy atom. The maximum absolute atomic E-state index is 5.66. The molecule has 0 aliphatic carbocycles. The van der Waals surface area contributed by atoms with Crippen LogP contribution in [0.3, 0.4) is 0 Å². The van der Waals surface area contributed by atoms with E-state index >= 15 is 0 Å². The van der Waals surface area contributed by atoms with Crippen molar-refractivity contribution in [3.8, 4) is 0 Å². The van der Waals surface area contributed by atoms with Crippen molar-refractivity contribution in [1.82, 2.24) is 0 Å². The van der Waals surface area contributed by atoms with Gasteiger partial charge in [0.1, 0.15) is 0 Å². The lowest BCUT2D eigenvalue weighted by atomic mass is 9.96. The van der Waals surface area contributed by atoms with Crippen molar-refractivity contribution in [2.24, 2.45) is 11.7 Å². The second-order valence-corrected chi connectivity index (χ2v) is 4.18. The summed E-state index contributed by atoms with van der Waals surface area (Å²) in [6, 6.07) is 15.0. The van der Waals surface area contributed by atoms with E-state index in [1.54, 1.807) is 0 Å². The van der Waals surface area contributed by atoms with E-state index in [2.05, 4.69) is 49.4 Å². The second-order valence-electron chi connectivity index (χ2n) is 4.18. The van der Waals surface area contributed by atoms with Gasteiger partial charge in [0.05, 0.1) is 0 Å². The fraction of sp³-hybridized carbons (Fsp3) is 0.286. The minimum absolute atomic E-state index is 0.552. The number of rotatable bonds is 3. The molecule has 2 aromatic rings. The van der Waals surface area contributed by atoms with Gasteiger partial charge in [0.2, 0.25) is 0 Å². The Hall–Kier alpha value is -1.34. The summed E-state index contributed by atoms with van der Waals surface area (Å²) < 4.78 is 0. The van der Waals surface area contributed by atoms with E-state index in [1.807, 2.05) is 0 Å². The molecule has 0 unspecified atom stereocenters. The quantitative estimate of drug-likeness (QED) is 0.808. The first-order valence-corrected chi connectivity index (χ1v) is 5.48. The van der Waals surface area contributed by atoms with Crippen molar-refractivity contribution in [1.29, 1.82) is 0 Å². The molecule has 0 fully saturated rings. The Labute approximate surface area is 90.9 Å². The largest absolute Gasteiger partial charge is 0.330 e. The van der Waals surface area contributed by atoms with Crippen molar-refractivity contribution in [2.75, 3.05) is 6.54 Å². The fourth-order valence-electron chi connectivity index (χ4n) is 1.93. The molecule has 0 bridgehead atoms. The molecular formula is C14H17N. The van der Waals surface area contributed by atoms with Gasteiger partial charge < -0.3 is 5.73 Å². The molecule has 0 heterocycles. The predicted octanol–water partition coefficient (Wildman–Crippen LogP) is 2.98. The van der Waals surface area contributed by atoms with Crippen LogP contribution in [0.4, 0.5) is 0 Å². The van der Waals surface area contributed by atoms with Crippen LogP contribution in [0.5, 0.6) is 0 Å². The highest BCUT2D eigenvalue weighted by Crippen LogP contribution is 2.20. The summed E-state index contributed by atoms with van der Waals surface area (Å²) >= 11 is 0. The third kappa shape index (κ3) is 2.18. The summed E-state index contributed by atoms with van der Waals surface area (Å²) in [6.07, 6.45) is 1.07. The molecule has 0 radical (unpaired) electrons. The van der Waals surface area contributed by atoms with E-state index in [0.29, 0.717) is 5.92 Å². The Bertz CT molecular complexity index is 443. The normalized spacial score (nSPS) is 12.9. The van der Waals surface area contributed by atoms with Gasteiger partial charge in [-0.15, -0.1) is 0 Å². The van der Waals surface area contributed by atoms with Crippen LogP contribution < -0.4 is 5.73 Å². The average molecular weight is 199 g/mol. The summed E-state index contributed by atoms with van der Waals surface area (Å²) in [5.41, 5.74) is 7.07. The smallest absolute Gasteiger partial charge is 0.00483 e. The monoisotopic (exact) mass is 199 g/mol. The van der Waals surface area contributed by atoms with Crippen molar-refractivity contribution in [2.45, 2.75) is 13.3 Å². The van der Waals surface area contributed by atoms with Crippen LogP contribution in [0.15, 0.2) is 42.5 Å². The SMILES string of the molecule is C[C@H](CN)Cc1cccc2ccccc12. The number of nitrogens with two attached hydrogens (primary N) is 1. The molecule has 2 rings (SSSR count). The number of hydrogen-bond acceptors (Lipinski definition) is 1. The van der Waals surface area contributed by atoms with E-state index in [1.165, 1.54) is 16.3 Å². The van der Waals surface area contributed by atoms with Crippen molar-refractivity contribution in [3.05, 3.63) is 48.0 Å². The number of fused-ring (bicyclic) bond motifs is 1. The molecule has 0 aromatic heterocycles. The van der Waals surface area contributed by atoms with Gasteiger partial charge in [0, 0.05) is 0 Å². The van der Waals surface area contributed by atoms with Crippen LogP contribution in [-0.4, -0.2) is 6.54 Å². The molecule has 2 aromatic carbocycles. The lowest BCUT2D eigenvalue weighted by Crippen LogP contribution is -2.13. The van der Waals surface area contributed by atoms with Gasteiger partial charge in [-0.05, 0) is 35.2 Å². The van der Waals surface area contributed by atoms with Gasteiger partial charge in [-0.2, -0.15) is 0 Å². The lowest BCUT2D eigenvalue weighted by Gasteiger charge is -2.10. The summed E-state index contributed by atoms with van der Waals surface area (Å²) in [4.78, 5) is 0. The Morgan fingerprint density at radius 3 is 2.60 bits per heavy atom. The van der Waals surface area contributed by atoms with Gasteiger partial charge in [-0.1, -0.05) is 49.4 Å². The van der Waals surface area contributed by atoms with E-state index in [0.717, 1.165) is 13.0 Å². The molecule has 0 amide bonds. The van der Waals surface area contributed by atoms with E-state index in [9.17, 15) is 0 Å². The van der Waals surface area contributed by atoms with E-state index in [4.69, 9.17) is 5.73 Å². The highest BCUT2D eigenvalue weighted by Gasteiger charge is 2.04. The van der Waals surface area contributed by atoms with Gasteiger partial charge >= 0.3 is 0 Å². The fourth-order valence-corrected chi connectivity index (χ4v) is 1.93. The van der Waals surface area contributed by atoms with Crippen molar-refractivity contribution >= 4 is 10.8 Å². The molecule has 2 N–H and O–H groups in total. The Kier molecular flexibility index (Phi) is 3.02. The first-order chi connectivity index (χ1) is 7.31. The summed E-state index contributed by atoms with van der Waals surface area (Å²) in [5.74, 6) is 0.552. The molecule has 0 spiro atoms. The number of hydrogen-bond donors (Lipinski definition) is 1. The first kappa shape index (κ1) is 10.2. The first-order valence-electron chi connectivity index (χ1n) is 5.48. The Balaban J connectivity index is 2.42. The summed E-state index contributed by atoms with van der Waals surface area (Å²) in [5, 5.41) is 2.68. The molecule has 0 aliphatic rings. The van der Waals surface area contributed by atoms with Crippen LogP contribution in [0, 0.1) is 5.92 Å². The van der Waals surface area contributed by atoms with Crippen molar-refractivity contribution < 1.29 is 0 Å². The molecule has 0 aliphatic heterocycles. The lowest BCUT2D eigenvalue weighted by molar-refractivity contribution is 0.595.